The molecular formula is C11H14BrN3O2S2. The summed E-state index contributed by atoms with van der Waals surface area (Å²) in [4.78, 5) is 4.07. The van der Waals surface area contributed by atoms with E-state index in [0.29, 0.717) is 12.2 Å². The van der Waals surface area contributed by atoms with Crippen molar-refractivity contribution in [2.45, 2.75) is 18.0 Å². The van der Waals surface area contributed by atoms with Crippen LogP contribution in [0.2, 0.25) is 0 Å². The summed E-state index contributed by atoms with van der Waals surface area (Å²) in [5.74, 6) is 0. The summed E-state index contributed by atoms with van der Waals surface area (Å²) >= 11 is 4.87. The zero-order chi connectivity index (χ0) is 14.0. The number of hydrogen-bond donors (Lipinski definition) is 2. The molecule has 5 nitrogen and oxygen atoms in total. The summed E-state index contributed by atoms with van der Waals surface area (Å²) in [5, 5.41) is 1.93. The number of nitrogens with two attached hydrogens (primary N) is 1. The van der Waals surface area contributed by atoms with Gasteiger partial charge in [0.1, 0.15) is 0 Å². The van der Waals surface area contributed by atoms with E-state index in [4.69, 9.17) is 5.73 Å². The molecule has 0 radical (unpaired) electrons. The number of rotatable bonds is 5. The number of sulfonamides is 1. The van der Waals surface area contributed by atoms with Crippen molar-refractivity contribution >= 4 is 37.3 Å². The number of thiophene rings is 1. The summed E-state index contributed by atoms with van der Waals surface area (Å²) in [6.45, 7) is 0.638. The molecule has 104 valence electrons. The molecule has 2 rings (SSSR count). The van der Waals surface area contributed by atoms with Crippen molar-refractivity contribution in [3.05, 3.63) is 38.8 Å². The molecular weight excluding hydrogens is 350 g/mol. The minimum absolute atomic E-state index is 0.242. The van der Waals surface area contributed by atoms with Crippen molar-refractivity contribution < 1.29 is 8.42 Å². The van der Waals surface area contributed by atoms with Gasteiger partial charge in [-0.05, 0) is 28.1 Å². The first-order valence-electron chi connectivity index (χ1n) is 5.50. The molecule has 0 bridgehead atoms. The molecule has 0 spiro atoms. The second kappa shape index (κ2) is 5.76. The monoisotopic (exact) mass is 363 g/mol. The first-order valence-corrected chi connectivity index (χ1v) is 8.61. The number of aromatic amines is 1. The molecule has 0 aliphatic rings. The average molecular weight is 364 g/mol. The third-order valence-electron chi connectivity index (χ3n) is 2.64. The zero-order valence-corrected chi connectivity index (χ0v) is 13.5. The molecule has 2 aromatic heterocycles. The van der Waals surface area contributed by atoms with Crippen molar-refractivity contribution in [2.24, 2.45) is 5.73 Å². The maximum atomic E-state index is 12.3. The number of H-pyrrole nitrogens is 1. The van der Waals surface area contributed by atoms with Gasteiger partial charge in [-0.2, -0.15) is 4.31 Å². The van der Waals surface area contributed by atoms with Crippen molar-refractivity contribution in [3.8, 4) is 0 Å². The van der Waals surface area contributed by atoms with Crippen LogP contribution in [0.4, 0.5) is 0 Å². The molecule has 2 aromatic rings. The Morgan fingerprint density at radius 2 is 2.21 bits per heavy atom. The van der Waals surface area contributed by atoms with Gasteiger partial charge in [0.15, 0.2) is 0 Å². The Kier molecular flexibility index (Phi) is 4.46. The van der Waals surface area contributed by atoms with Crippen LogP contribution in [0.25, 0.3) is 0 Å². The lowest BCUT2D eigenvalue weighted by Crippen LogP contribution is -2.25. The largest absolute Gasteiger partial charge is 0.363 e. The highest BCUT2D eigenvalue weighted by atomic mass is 79.9. The Morgan fingerprint density at radius 3 is 2.74 bits per heavy atom. The Labute approximate surface area is 124 Å². The molecule has 3 N–H and O–H groups in total. The van der Waals surface area contributed by atoms with Crippen molar-refractivity contribution in [2.75, 3.05) is 7.05 Å². The van der Waals surface area contributed by atoms with E-state index >= 15 is 0 Å². The quantitative estimate of drug-likeness (QED) is 0.853. The molecule has 0 unspecified atom stereocenters. The molecule has 0 saturated heterocycles. The van der Waals surface area contributed by atoms with Crippen molar-refractivity contribution in [1.82, 2.24) is 9.29 Å². The number of nitrogens with zero attached hydrogens (tertiary/aromatic N) is 1. The lowest BCUT2D eigenvalue weighted by molar-refractivity contribution is 0.469. The lowest BCUT2D eigenvalue weighted by atomic mass is 10.4. The fraction of sp³-hybridized carbons (Fsp3) is 0.273. The number of aromatic nitrogens is 1. The first kappa shape index (κ1) is 14.7. The Morgan fingerprint density at radius 1 is 1.47 bits per heavy atom. The third kappa shape index (κ3) is 3.26. The topological polar surface area (TPSA) is 79.2 Å². The molecule has 0 aromatic carbocycles. The maximum Gasteiger partial charge on any atom is 0.244 e. The van der Waals surface area contributed by atoms with E-state index in [1.54, 1.807) is 13.1 Å². The van der Waals surface area contributed by atoms with Gasteiger partial charge in [-0.1, -0.05) is 0 Å². The van der Waals surface area contributed by atoms with Crippen LogP contribution in [-0.2, 0) is 23.1 Å². The summed E-state index contributed by atoms with van der Waals surface area (Å²) in [6, 6.07) is 3.48. The molecule has 0 aliphatic heterocycles. The molecule has 0 amide bonds. The molecule has 2 heterocycles. The van der Waals surface area contributed by atoms with Gasteiger partial charge in [0.25, 0.3) is 0 Å². The number of halogens is 1. The minimum Gasteiger partial charge on any atom is -0.363 e. The second-order valence-electron chi connectivity index (χ2n) is 4.06. The molecule has 0 atom stereocenters. The van der Waals surface area contributed by atoms with E-state index in [-0.39, 0.29) is 11.4 Å². The first-order chi connectivity index (χ1) is 8.93. The van der Waals surface area contributed by atoms with Gasteiger partial charge < -0.3 is 10.7 Å². The maximum absolute atomic E-state index is 12.3. The normalized spacial score (nSPS) is 12.2. The average Bonchev–Trinajstić information content (AvgIpc) is 2.98. The van der Waals surface area contributed by atoms with Crippen LogP contribution in [0, 0.1) is 0 Å². The Balaban J connectivity index is 2.19. The fourth-order valence-corrected chi connectivity index (χ4v) is 4.36. The van der Waals surface area contributed by atoms with Crippen LogP contribution in [0.1, 0.15) is 10.6 Å². The Hall–Kier alpha value is -0.670. The smallest absolute Gasteiger partial charge is 0.244 e. The highest BCUT2D eigenvalue weighted by molar-refractivity contribution is 9.10. The summed E-state index contributed by atoms with van der Waals surface area (Å²) in [6.07, 6.45) is 1.47. The van der Waals surface area contributed by atoms with Crippen LogP contribution < -0.4 is 5.73 Å². The number of nitrogens with one attached hydrogen (secondary N) is 1. The Bertz CT molecular complexity index is 663. The van der Waals surface area contributed by atoms with E-state index in [0.717, 1.165) is 9.35 Å². The predicted octanol–water partition coefficient (Wildman–Crippen LogP) is 2.12. The van der Waals surface area contributed by atoms with Gasteiger partial charge in [-0.25, -0.2) is 8.42 Å². The standard InChI is InChI=1S/C11H14BrN3O2S2/c1-15(6-10-2-8(12)7-18-10)19(16,17)11-3-9(4-13)14-5-11/h2-3,5,7,14H,4,6,13H2,1H3. The molecule has 0 fully saturated rings. The molecule has 0 aliphatic carbocycles. The van der Waals surface area contributed by atoms with Gasteiger partial charge in [0.05, 0.1) is 4.90 Å². The lowest BCUT2D eigenvalue weighted by Gasteiger charge is -2.15. The van der Waals surface area contributed by atoms with Crippen LogP contribution >= 0.6 is 27.3 Å². The SMILES string of the molecule is CN(Cc1cc(Br)cs1)S(=O)(=O)c1c[nH]c(CN)c1. The van der Waals surface area contributed by atoms with Gasteiger partial charge in [0.2, 0.25) is 10.0 Å². The van der Waals surface area contributed by atoms with E-state index in [2.05, 4.69) is 20.9 Å². The zero-order valence-electron chi connectivity index (χ0n) is 10.3. The van der Waals surface area contributed by atoms with E-state index < -0.39 is 10.0 Å². The van der Waals surface area contributed by atoms with Gasteiger partial charge in [-0.3, -0.25) is 0 Å². The van der Waals surface area contributed by atoms with Gasteiger partial charge >= 0.3 is 0 Å². The molecule has 8 heteroatoms. The van der Waals surface area contributed by atoms with Gasteiger partial charge in [-0.15, -0.1) is 11.3 Å². The van der Waals surface area contributed by atoms with E-state index in [1.807, 2.05) is 11.4 Å². The van der Waals surface area contributed by atoms with E-state index in [9.17, 15) is 8.42 Å². The van der Waals surface area contributed by atoms with Crippen molar-refractivity contribution in [3.63, 3.8) is 0 Å². The summed E-state index contributed by atoms with van der Waals surface area (Å²) in [7, 11) is -1.91. The van der Waals surface area contributed by atoms with Crippen LogP contribution in [0.15, 0.2) is 33.1 Å². The van der Waals surface area contributed by atoms with Crippen LogP contribution in [-0.4, -0.2) is 24.8 Å². The summed E-state index contributed by atoms with van der Waals surface area (Å²) < 4.78 is 27.0. The predicted molar refractivity (Wildman–Crippen MR) is 79.4 cm³/mol. The minimum atomic E-state index is -3.48. The summed E-state index contributed by atoms with van der Waals surface area (Å²) in [5.41, 5.74) is 6.17. The third-order valence-corrected chi connectivity index (χ3v) is 6.11. The highest BCUT2D eigenvalue weighted by Crippen LogP contribution is 2.23. The fourth-order valence-electron chi connectivity index (χ4n) is 1.61. The van der Waals surface area contributed by atoms with Crippen molar-refractivity contribution in [1.29, 1.82) is 0 Å². The van der Waals surface area contributed by atoms with Crippen LogP contribution in [0.3, 0.4) is 0 Å². The van der Waals surface area contributed by atoms with Gasteiger partial charge in [0, 0.05) is 46.8 Å². The second-order valence-corrected chi connectivity index (χ2v) is 8.01. The molecule has 19 heavy (non-hydrogen) atoms. The van der Waals surface area contributed by atoms with E-state index in [1.165, 1.54) is 21.8 Å². The van der Waals surface area contributed by atoms with Crippen LogP contribution in [0.5, 0.6) is 0 Å². The highest BCUT2D eigenvalue weighted by Gasteiger charge is 2.22. The molecule has 0 saturated carbocycles. The number of hydrogen-bond acceptors (Lipinski definition) is 4.